The summed E-state index contributed by atoms with van der Waals surface area (Å²) in [5.74, 6) is 0.716. The largest absolute Gasteiger partial charge is 0.359 e. The Hall–Kier alpha value is -1.09. The minimum Gasteiger partial charge on any atom is -0.359 e. The van der Waals surface area contributed by atoms with Crippen LogP contribution in [-0.4, -0.2) is 11.2 Å². The average molecular weight is 276 g/mol. The summed E-state index contributed by atoms with van der Waals surface area (Å²) in [6.45, 7) is 6.56. The summed E-state index contributed by atoms with van der Waals surface area (Å²) in [6.07, 6.45) is 5.21. The number of rotatable bonds is 2. The Kier molecular flexibility index (Phi) is 4.81. The molecule has 0 radical (unpaired) electrons. The zero-order valence-electron chi connectivity index (χ0n) is 12.1. The molecule has 0 heterocycles. The first-order valence-corrected chi connectivity index (χ1v) is 7.62. The SMILES string of the molecule is Cc1ccc(NC(=S)N[C@H]2CCCC[C@@H]2C)cc1C. The van der Waals surface area contributed by atoms with Crippen molar-refractivity contribution in [3.63, 3.8) is 0 Å². The van der Waals surface area contributed by atoms with Crippen molar-refractivity contribution in [1.82, 2.24) is 5.32 Å². The van der Waals surface area contributed by atoms with E-state index in [4.69, 9.17) is 12.2 Å². The molecule has 0 aromatic heterocycles. The third-order valence-corrected chi connectivity index (χ3v) is 4.41. The topological polar surface area (TPSA) is 24.1 Å². The smallest absolute Gasteiger partial charge is 0.171 e. The van der Waals surface area contributed by atoms with Crippen molar-refractivity contribution in [2.75, 3.05) is 5.32 Å². The molecule has 3 heteroatoms. The fraction of sp³-hybridized carbons (Fsp3) is 0.562. The maximum Gasteiger partial charge on any atom is 0.171 e. The van der Waals surface area contributed by atoms with Gasteiger partial charge in [0.1, 0.15) is 0 Å². The van der Waals surface area contributed by atoms with E-state index in [1.54, 1.807) is 0 Å². The molecule has 19 heavy (non-hydrogen) atoms. The summed E-state index contributed by atoms with van der Waals surface area (Å²) < 4.78 is 0. The number of benzene rings is 1. The Balaban J connectivity index is 1.91. The maximum absolute atomic E-state index is 5.42. The van der Waals surface area contributed by atoms with Gasteiger partial charge >= 0.3 is 0 Å². The highest BCUT2D eigenvalue weighted by molar-refractivity contribution is 7.80. The summed E-state index contributed by atoms with van der Waals surface area (Å²) in [6, 6.07) is 6.89. The minimum atomic E-state index is 0.528. The monoisotopic (exact) mass is 276 g/mol. The molecule has 104 valence electrons. The number of hydrogen-bond donors (Lipinski definition) is 2. The summed E-state index contributed by atoms with van der Waals surface area (Å²) in [4.78, 5) is 0. The maximum atomic E-state index is 5.42. The van der Waals surface area contributed by atoms with Crippen LogP contribution in [0.4, 0.5) is 5.69 Å². The Labute approximate surface area is 122 Å². The second kappa shape index (κ2) is 6.38. The molecule has 0 aliphatic heterocycles. The lowest BCUT2D eigenvalue weighted by Crippen LogP contribution is -2.43. The lowest BCUT2D eigenvalue weighted by atomic mass is 9.86. The fourth-order valence-electron chi connectivity index (χ4n) is 2.69. The first-order chi connectivity index (χ1) is 9.06. The van der Waals surface area contributed by atoms with E-state index in [-0.39, 0.29) is 0 Å². The van der Waals surface area contributed by atoms with Crippen LogP contribution in [0.2, 0.25) is 0 Å². The van der Waals surface area contributed by atoms with E-state index in [1.165, 1.54) is 36.8 Å². The molecular weight excluding hydrogens is 252 g/mol. The lowest BCUT2D eigenvalue weighted by Gasteiger charge is -2.30. The van der Waals surface area contributed by atoms with Gasteiger partial charge in [-0.05, 0) is 68.1 Å². The van der Waals surface area contributed by atoms with Crippen LogP contribution in [0.25, 0.3) is 0 Å². The van der Waals surface area contributed by atoms with Crippen LogP contribution in [-0.2, 0) is 0 Å². The van der Waals surface area contributed by atoms with Gasteiger partial charge in [0.2, 0.25) is 0 Å². The molecule has 0 bridgehead atoms. The summed E-state index contributed by atoms with van der Waals surface area (Å²) in [5, 5.41) is 7.52. The van der Waals surface area contributed by atoms with Gasteiger partial charge in [-0.15, -0.1) is 0 Å². The van der Waals surface area contributed by atoms with Gasteiger partial charge in [0.15, 0.2) is 5.11 Å². The van der Waals surface area contributed by atoms with E-state index in [9.17, 15) is 0 Å². The summed E-state index contributed by atoms with van der Waals surface area (Å²) in [5.41, 5.74) is 3.67. The van der Waals surface area contributed by atoms with Crippen LogP contribution in [0.3, 0.4) is 0 Å². The van der Waals surface area contributed by atoms with Crippen molar-refractivity contribution in [1.29, 1.82) is 0 Å². The Morgan fingerprint density at radius 1 is 1.16 bits per heavy atom. The van der Waals surface area contributed by atoms with Crippen LogP contribution in [0, 0.1) is 19.8 Å². The Bertz CT molecular complexity index is 456. The molecule has 1 saturated carbocycles. The highest BCUT2D eigenvalue weighted by Crippen LogP contribution is 2.23. The van der Waals surface area contributed by atoms with Crippen LogP contribution in [0.15, 0.2) is 18.2 Å². The van der Waals surface area contributed by atoms with Gasteiger partial charge in [0.05, 0.1) is 0 Å². The molecule has 1 aliphatic rings. The fourth-order valence-corrected chi connectivity index (χ4v) is 2.95. The van der Waals surface area contributed by atoms with Crippen molar-refractivity contribution >= 4 is 23.0 Å². The van der Waals surface area contributed by atoms with Crippen molar-refractivity contribution in [2.45, 2.75) is 52.5 Å². The van der Waals surface area contributed by atoms with Gasteiger partial charge < -0.3 is 10.6 Å². The number of aryl methyl sites for hydroxylation is 2. The van der Waals surface area contributed by atoms with Gasteiger partial charge in [0.25, 0.3) is 0 Å². The number of thiocarbonyl (C=S) groups is 1. The molecule has 0 saturated heterocycles. The molecule has 0 unspecified atom stereocenters. The predicted molar refractivity (Wildman–Crippen MR) is 86.7 cm³/mol. The second-order valence-corrected chi connectivity index (χ2v) is 6.17. The van der Waals surface area contributed by atoms with Gasteiger partial charge in [-0.3, -0.25) is 0 Å². The average Bonchev–Trinajstić information content (AvgIpc) is 2.37. The minimum absolute atomic E-state index is 0.528. The number of nitrogens with one attached hydrogen (secondary N) is 2. The van der Waals surface area contributed by atoms with E-state index < -0.39 is 0 Å². The molecule has 0 amide bonds. The summed E-state index contributed by atoms with van der Waals surface area (Å²) >= 11 is 5.42. The highest BCUT2D eigenvalue weighted by Gasteiger charge is 2.21. The normalized spacial score (nSPS) is 22.9. The number of anilines is 1. The molecule has 0 spiro atoms. The van der Waals surface area contributed by atoms with Crippen LogP contribution >= 0.6 is 12.2 Å². The Morgan fingerprint density at radius 2 is 1.89 bits per heavy atom. The van der Waals surface area contributed by atoms with E-state index in [1.807, 2.05) is 0 Å². The van der Waals surface area contributed by atoms with E-state index in [0.29, 0.717) is 12.0 Å². The second-order valence-electron chi connectivity index (χ2n) is 5.77. The van der Waals surface area contributed by atoms with E-state index in [2.05, 4.69) is 49.6 Å². The zero-order chi connectivity index (χ0) is 13.8. The van der Waals surface area contributed by atoms with Gasteiger partial charge in [-0.1, -0.05) is 25.8 Å². The molecular formula is C16H24N2S. The predicted octanol–water partition coefficient (Wildman–Crippen LogP) is 4.17. The molecule has 1 aliphatic carbocycles. The van der Waals surface area contributed by atoms with Gasteiger partial charge in [-0.25, -0.2) is 0 Å². The summed E-state index contributed by atoms with van der Waals surface area (Å²) in [7, 11) is 0. The van der Waals surface area contributed by atoms with Gasteiger partial charge in [-0.2, -0.15) is 0 Å². The van der Waals surface area contributed by atoms with Crippen LogP contribution < -0.4 is 10.6 Å². The first kappa shape index (κ1) is 14.3. The molecule has 2 N–H and O–H groups in total. The molecule has 2 atom stereocenters. The number of hydrogen-bond acceptors (Lipinski definition) is 1. The van der Waals surface area contributed by atoms with Crippen molar-refractivity contribution in [3.8, 4) is 0 Å². The molecule has 1 aromatic rings. The highest BCUT2D eigenvalue weighted by atomic mass is 32.1. The van der Waals surface area contributed by atoms with Crippen molar-refractivity contribution in [3.05, 3.63) is 29.3 Å². The van der Waals surface area contributed by atoms with E-state index in [0.717, 1.165) is 10.8 Å². The molecule has 1 aromatic carbocycles. The van der Waals surface area contributed by atoms with Gasteiger partial charge in [0, 0.05) is 11.7 Å². The standard InChI is InChI=1S/C16H24N2S/c1-11-8-9-14(10-13(11)3)17-16(19)18-15-7-5-4-6-12(15)2/h8-10,12,15H,4-7H2,1-3H3,(H2,17,18,19)/t12-,15-/m0/s1. The van der Waals surface area contributed by atoms with Crippen LogP contribution in [0.5, 0.6) is 0 Å². The quantitative estimate of drug-likeness (QED) is 0.793. The van der Waals surface area contributed by atoms with Crippen molar-refractivity contribution < 1.29 is 0 Å². The lowest BCUT2D eigenvalue weighted by molar-refractivity contribution is 0.309. The molecule has 2 rings (SSSR count). The van der Waals surface area contributed by atoms with E-state index >= 15 is 0 Å². The zero-order valence-corrected chi connectivity index (χ0v) is 12.9. The third kappa shape index (κ3) is 3.93. The van der Waals surface area contributed by atoms with Crippen LogP contribution in [0.1, 0.15) is 43.7 Å². The Morgan fingerprint density at radius 3 is 2.58 bits per heavy atom. The first-order valence-electron chi connectivity index (χ1n) is 7.21. The molecule has 1 fully saturated rings. The molecule has 2 nitrogen and oxygen atoms in total. The third-order valence-electron chi connectivity index (χ3n) is 4.19. The van der Waals surface area contributed by atoms with Crippen molar-refractivity contribution in [2.24, 2.45) is 5.92 Å².